The molecule has 0 aliphatic carbocycles. The molecular formula is C23H25FN4O2. The van der Waals surface area contributed by atoms with E-state index in [1.54, 1.807) is 4.57 Å². The van der Waals surface area contributed by atoms with Gasteiger partial charge in [-0.3, -0.25) is 14.2 Å². The summed E-state index contributed by atoms with van der Waals surface area (Å²) in [6.45, 7) is 1.88. The van der Waals surface area contributed by atoms with Crippen LogP contribution in [0.1, 0.15) is 23.2 Å². The van der Waals surface area contributed by atoms with E-state index in [2.05, 4.69) is 4.98 Å². The van der Waals surface area contributed by atoms with E-state index in [9.17, 15) is 14.0 Å². The lowest BCUT2D eigenvalue weighted by molar-refractivity contribution is 0.0682. The second-order valence-electron chi connectivity index (χ2n) is 8.04. The first-order valence-corrected chi connectivity index (χ1v) is 10.1. The first-order valence-electron chi connectivity index (χ1n) is 10.1. The monoisotopic (exact) mass is 408 g/mol. The van der Waals surface area contributed by atoms with E-state index in [1.165, 1.54) is 24.5 Å². The number of piperidine rings is 1. The fourth-order valence-corrected chi connectivity index (χ4v) is 3.96. The largest absolute Gasteiger partial charge is 0.378 e. The summed E-state index contributed by atoms with van der Waals surface area (Å²) in [6, 6.07) is 11.7. The predicted octanol–water partition coefficient (Wildman–Crippen LogP) is 3.15. The van der Waals surface area contributed by atoms with Crippen LogP contribution in [0, 0.1) is 11.7 Å². The number of fused-ring (bicyclic) bond motifs is 1. The molecule has 0 bridgehead atoms. The first-order chi connectivity index (χ1) is 14.4. The van der Waals surface area contributed by atoms with Crippen molar-refractivity contribution in [3.63, 3.8) is 0 Å². The summed E-state index contributed by atoms with van der Waals surface area (Å²) in [5, 5.41) is 0.423. The maximum atomic E-state index is 13.3. The fourth-order valence-electron chi connectivity index (χ4n) is 3.96. The molecule has 1 aliphatic rings. The molecule has 0 saturated carbocycles. The van der Waals surface area contributed by atoms with Gasteiger partial charge in [-0.05, 0) is 49.1 Å². The molecule has 2 aromatic carbocycles. The minimum absolute atomic E-state index is 0.0451. The van der Waals surface area contributed by atoms with E-state index in [0.29, 0.717) is 42.0 Å². The lowest BCUT2D eigenvalue weighted by atomic mass is 9.96. The number of halogens is 1. The Hall–Kier alpha value is -3.22. The Balaban J connectivity index is 1.41. The highest BCUT2D eigenvalue weighted by atomic mass is 19.1. The molecule has 0 spiro atoms. The van der Waals surface area contributed by atoms with Gasteiger partial charge < -0.3 is 9.80 Å². The third-order valence-electron chi connectivity index (χ3n) is 5.75. The maximum absolute atomic E-state index is 13.3. The molecule has 0 radical (unpaired) electrons. The van der Waals surface area contributed by atoms with Gasteiger partial charge >= 0.3 is 0 Å². The third-order valence-corrected chi connectivity index (χ3v) is 5.75. The van der Waals surface area contributed by atoms with E-state index in [0.717, 1.165) is 18.5 Å². The smallest absolute Gasteiger partial charge is 0.261 e. The van der Waals surface area contributed by atoms with Crippen LogP contribution in [-0.2, 0) is 6.54 Å². The number of carbonyl (C=O) groups is 1. The van der Waals surface area contributed by atoms with Gasteiger partial charge in [-0.1, -0.05) is 6.07 Å². The number of amides is 1. The quantitative estimate of drug-likeness (QED) is 0.666. The van der Waals surface area contributed by atoms with Crippen molar-refractivity contribution in [1.29, 1.82) is 0 Å². The lowest BCUT2D eigenvalue weighted by Crippen LogP contribution is -2.40. The number of carbonyl (C=O) groups excluding carboxylic acids is 1. The number of hydrogen-bond acceptors (Lipinski definition) is 4. The van der Waals surface area contributed by atoms with Crippen LogP contribution in [0.25, 0.3) is 10.9 Å². The molecule has 6 nitrogen and oxygen atoms in total. The van der Waals surface area contributed by atoms with Crippen LogP contribution >= 0.6 is 0 Å². The van der Waals surface area contributed by atoms with Crippen molar-refractivity contribution in [2.45, 2.75) is 19.4 Å². The molecular weight excluding hydrogens is 383 g/mol. The van der Waals surface area contributed by atoms with E-state index in [-0.39, 0.29) is 11.5 Å². The zero-order valence-corrected chi connectivity index (χ0v) is 17.2. The molecule has 1 fully saturated rings. The van der Waals surface area contributed by atoms with Gasteiger partial charge in [0.1, 0.15) is 5.82 Å². The van der Waals surface area contributed by atoms with Crippen LogP contribution in [0.3, 0.4) is 0 Å². The molecule has 0 N–H and O–H groups in total. The Kier molecular flexibility index (Phi) is 5.53. The van der Waals surface area contributed by atoms with Crippen molar-refractivity contribution >= 4 is 22.5 Å². The first kappa shape index (κ1) is 20.1. The topological polar surface area (TPSA) is 58.4 Å². The molecule has 2 heterocycles. The molecule has 1 saturated heterocycles. The number of likely N-dealkylation sites (tertiary alicyclic amines) is 1. The van der Waals surface area contributed by atoms with Crippen molar-refractivity contribution in [3.05, 3.63) is 70.5 Å². The van der Waals surface area contributed by atoms with Crippen molar-refractivity contribution in [2.24, 2.45) is 5.92 Å². The Morgan fingerprint density at radius 1 is 1.17 bits per heavy atom. The zero-order chi connectivity index (χ0) is 21.3. The summed E-state index contributed by atoms with van der Waals surface area (Å²) < 4.78 is 14.9. The summed E-state index contributed by atoms with van der Waals surface area (Å²) in [5.74, 6) is -0.0661. The number of hydrogen-bond donors (Lipinski definition) is 0. The highest BCUT2D eigenvalue weighted by Gasteiger charge is 2.24. The summed E-state index contributed by atoms with van der Waals surface area (Å²) in [6.07, 6.45) is 3.15. The van der Waals surface area contributed by atoms with Crippen LogP contribution in [0.2, 0.25) is 0 Å². The Morgan fingerprint density at radius 3 is 2.67 bits per heavy atom. The van der Waals surface area contributed by atoms with E-state index in [1.807, 2.05) is 48.2 Å². The summed E-state index contributed by atoms with van der Waals surface area (Å²) >= 11 is 0. The van der Waals surface area contributed by atoms with Gasteiger partial charge in [0.15, 0.2) is 0 Å². The van der Waals surface area contributed by atoms with Crippen LogP contribution < -0.4 is 10.5 Å². The second kappa shape index (κ2) is 8.26. The molecule has 0 unspecified atom stereocenters. The molecule has 1 amide bonds. The maximum Gasteiger partial charge on any atom is 0.261 e. The highest BCUT2D eigenvalue weighted by Crippen LogP contribution is 2.22. The number of aromatic nitrogens is 2. The van der Waals surface area contributed by atoms with Gasteiger partial charge in [0.05, 0.1) is 17.2 Å². The summed E-state index contributed by atoms with van der Waals surface area (Å²) in [4.78, 5) is 33.7. The molecule has 0 atom stereocenters. The van der Waals surface area contributed by atoms with Crippen LogP contribution in [0.15, 0.2) is 53.6 Å². The van der Waals surface area contributed by atoms with E-state index >= 15 is 0 Å². The van der Waals surface area contributed by atoms with Gasteiger partial charge in [-0.2, -0.15) is 0 Å². The normalized spacial score (nSPS) is 14.8. The number of anilines is 1. The lowest BCUT2D eigenvalue weighted by Gasteiger charge is -2.32. The summed E-state index contributed by atoms with van der Waals surface area (Å²) in [7, 11) is 3.91. The molecule has 3 aromatic rings. The summed E-state index contributed by atoms with van der Waals surface area (Å²) in [5.41, 5.74) is 1.91. The van der Waals surface area contributed by atoms with Gasteiger partial charge in [0, 0.05) is 51.0 Å². The Bertz CT molecular complexity index is 1130. The number of benzene rings is 2. The average Bonchev–Trinajstić information content (AvgIpc) is 2.76. The SMILES string of the molecule is CN(C)c1cccc(C(=O)N2CCC(Cn3cnc4cc(F)ccc4c3=O)CC2)c1. The molecule has 30 heavy (non-hydrogen) atoms. The van der Waals surface area contributed by atoms with Crippen LogP contribution in [-0.4, -0.2) is 47.5 Å². The number of nitrogens with zero attached hydrogens (tertiary/aromatic N) is 4. The minimum atomic E-state index is -0.402. The third kappa shape index (κ3) is 4.06. The molecule has 1 aromatic heterocycles. The Morgan fingerprint density at radius 2 is 1.93 bits per heavy atom. The number of rotatable bonds is 4. The van der Waals surface area contributed by atoms with E-state index < -0.39 is 5.82 Å². The van der Waals surface area contributed by atoms with Crippen molar-refractivity contribution in [2.75, 3.05) is 32.1 Å². The zero-order valence-electron chi connectivity index (χ0n) is 17.2. The molecule has 4 rings (SSSR count). The van der Waals surface area contributed by atoms with Crippen LogP contribution in [0.5, 0.6) is 0 Å². The van der Waals surface area contributed by atoms with Crippen molar-refractivity contribution in [3.8, 4) is 0 Å². The predicted molar refractivity (Wildman–Crippen MR) is 115 cm³/mol. The highest BCUT2D eigenvalue weighted by molar-refractivity contribution is 5.95. The van der Waals surface area contributed by atoms with Crippen molar-refractivity contribution < 1.29 is 9.18 Å². The van der Waals surface area contributed by atoms with E-state index in [4.69, 9.17) is 0 Å². The van der Waals surface area contributed by atoms with Gasteiger partial charge in [0.25, 0.3) is 11.5 Å². The minimum Gasteiger partial charge on any atom is -0.378 e. The van der Waals surface area contributed by atoms with Gasteiger partial charge in [0.2, 0.25) is 0 Å². The Labute approximate surface area is 174 Å². The van der Waals surface area contributed by atoms with Gasteiger partial charge in [-0.25, -0.2) is 9.37 Å². The van der Waals surface area contributed by atoms with Crippen molar-refractivity contribution in [1.82, 2.24) is 14.5 Å². The average molecular weight is 408 g/mol. The molecule has 7 heteroatoms. The second-order valence-corrected chi connectivity index (χ2v) is 8.04. The standard InChI is InChI=1S/C23H25FN4O2/c1-26(2)19-5-3-4-17(12-19)22(29)27-10-8-16(9-11-27)14-28-15-25-21-13-18(24)6-7-20(21)23(28)30/h3-7,12-13,15-16H,8-11,14H2,1-2H3. The van der Waals surface area contributed by atoms with Gasteiger partial charge in [-0.15, -0.1) is 0 Å². The fraction of sp³-hybridized carbons (Fsp3) is 0.348. The van der Waals surface area contributed by atoms with Crippen LogP contribution in [0.4, 0.5) is 10.1 Å². The molecule has 1 aliphatic heterocycles. The molecule has 156 valence electrons.